The fourth-order valence-corrected chi connectivity index (χ4v) is 3.49. The number of hydrogen-bond acceptors (Lipinski definition) is 2. The van der Waals surface area contributed by atoms with Crippen molar-refractivity contribution in [3.05, 3.63) is 27.7 Å². The highest BCUT2D eigenvalue weighted by atomic mass is 79.9. The Morgan fingerprint density at radius 2 is 2.22 bits per heavy atom. The molecule has 0 bridgehead atoms. The van der Waals surface area contributed by atoms with E-state index in [0.717, 1.165) is 31.9 Å². The van der Waals surface area contributed by atoms with Crippen molar-refractivity contribution in [3.8, 4) is 5.75 Å². The van der Waals surface area contributed by atoms with Crippen LogP contribution in [0.25, 0.3) is 0 Å². The van der Waals surface area contributed by atoms with Gasteiger partial charge in [-0.1, -0.05) is 29.3 Å². The second-order valence-electron chi connectivity index (χ2n) is 5.92. The Bertz CT molecular complexity index is 454. The fourth-order valence-electron chi connectivity index (χ4n) is 2.93. The number of hydrogen-bond donors (Lipinski definition) is 1. The Kier molecular flexibility index (Phi) is 3.37. The second-order valence-corrected chi connectivity index (χ2v) is 6.84. The topological polar surface area (TPSA) is 21.3 Å². The summed E-state index contributed by atoms with van der Waals surface area (Å²) in [5.41, 5.74) is 3.17. The molecule has 3 rings (SSSR count). The van der Waals surface area contributed by atoms with Gasteiger partial charge in [-0.2, -0.15) is 0 Å². The first-order chi connectivity index (χ1) is 8.66. The van der Waals surface area contributed by atoms with Gasteiger partial charge < -0.3 is 10.1 Å². The molecule has 0 radical (unpaired) electrons. The van der Waals surface area contributed by atoms with E-state index in [4.69, 9.17) is 4.74 Å². The van der Waals surface area contributed by atoms with Gasteiger partial charge in [0, 0.05) is 29.5 Å². The summed E-state index contributed by atoms with van der Waals surface area (Å²) < 4.78 is 6.91. The van der Waals surface area contributed by atoms with Gasteiger partial charge in [-0.3, -0.25) is 0 Å². The molecular formula is C15H20BrNO. The number of ether oxygens (including phenoxy) is 1. The third kappa shape index (κ3) is 2.43. The van der Waals surface area contributed by atoms with Crippen LogP contribution in [0, 0.1) is 5.41 Å². The summed E-state index contributed by atoms with van der Waals surface area (Å²) in [4.78, 5) is 0. The first-order valence-electron chi connectivity index (χ1n) is 6.81. The zero-order valence-corrected chi connectivity index (χ0v) is 12.5. The van der Waals surface area contributed by atoms with Crippen LogP contribution in [0.3, 0.4) is 0 Å². The summed E-state index contributed by atoms with van der Waals surface area (Å²) in [6.07, 6.45) is 5.17. The maximum atomic E-state index is 5.75. The van der Waals surface area contributed by atoms with Crippen LogP contribution in [0.5, 0.6) is 5.75 Å². The van der Waals surface area contributed by atoms with Crippen molar-refractivity contribution in [1.29, 1.82) is 0 Å². The molecule has 2 aliphatic rings. The molecule has 0 unspecified atom stereocenters. The van der Waals surface area contributed by atoms with Crippen molar-refractivity contribution in [2.24, 2.45) is 5.41 Å². The van der Waals surface area contributed by atoms with Crippen molar-refractivity contribution < 1.29 is 4.74 Å². The summed E-state index contributed by atoms with van der Waals surface area (Å²) in [5.74, 6) is 1.12. The second kappa shape index (κ2) is 4.86. The number of benzene rings is 1. The first kappa shape index (κ1) is 12.5. The Hall–Kier alpha value is -0.540. The summed E-state index contributed by atoms with van der Waals surface area (Å²) in [5, 5.41) is 3.60. The van der Waals surface area contributed by atoms with Gasteiger partial charge in [0.1, 0.15) is 5.75 Å². The number of fused-ring (bicyclic) bond motifs is 1. The Morgan fingerprint density at radius 3 is 2.94 bits per heavy atom. The molecule has 1 fully saturated rings. The van der Waals surface area contributed by atoms with E-state index in [9.17, 15) is 0 Å². The van der Waals surface area contributed by atoms with E-state index in [1.54, 1.807) is 0 Å². The maximum absolute atomic E-state index is 5.75. The summed E-state index contributed by atoms with van der Waals surface area (Å²) in [6, 6.07) is 4.36. The molecule has 0 saturated heterocycles. The van der Waals surface area contributed by atoms with Crippen molar-refractivity contribution in [2.45, 2.75) is 39.2 Å². The van der Waals surface area contributed by atoms with Crippen LogP contribution in [0.15, 0.2) is 16.6 Å². The molecule has 1 saturated carbocycles. The smallest absolute Gasteiger partial charge is 0.127 e. The molecule has 0 amide bonds. The quantitative estimate of drug-likeness (QED) is 0.916. The van der Waals surface area contributed by atoms with Crippen LogP contribution in [0.4, 0.5) is 0 Å². The number of rotatable bonds is 4. The van der Waals surface area contributed by atoms with Crippen LogP contribution in [0.2, 0.25) is 0 Å². The van der Waals surface area contributed by atoms with Crippen molar-refractivity contribution in [3.63, 3.8) is 0 Å². The van der Waals surface area contributed by atoms with Crippen LogP contribution in [-0.4, -0.2) is 13.2 Å². The molecule has 0 aromatic heterocycles. The predicted molar refractivity (Wildman–Crippen MR) is 77.0 cm³/mol. The molecule has 1 aromatic carbocycles. The molecule has 0 atom stereocenters. The fraction of sp³-hybridized carbons (Fsp3) is 0.600. The number of halogens is 1. The van der Waals surface area contributed by atoms with Crippen molar-refractivity contribution in [2.75, 3.05) is 13.2 Å². The zero-order valence-electron chi connectivity index (χ0n) is 10.9. The van der Waals surface area contributed by atoms with E-state index in [1.165, 1.54) is 34.9 Å². The highest BCUT2D eigenvalue weighted by Crippen LogP contribution is 2.39. The summed E-state index contributed by atoms with van der Waals surface area (Å²) in [6.45, 7) is 5.24. The van der Waals surface area contributed by atoms with Gasteiger partial charge in [-0.25, -0.2) is 0 Å². The van der Waals surface area contributed by atoms with E-state index in [0.29, 0.717) is 5.41 Å². The van der Waals surface area contributed by atoms with Crippen LogP contribution in [0.1, 0.15) is 37.3 Å². The minimum absolute atomic E-state index is 0.538. The van der Waals surface area contributed by atoms with E-state index in [2.05, 4.69) is 40.3 Å². The first-order valence-corrected chi connectivity index (χ1v) is 7.60. The Labute approximate surface area is 117 Å². The lowest BCUT2D eigenvalue weighted by Crippen LogP contribution is -2.37. The van der Waals surface area contributed by atoms with E-state index < -0.39 is 0 Å². The summed E-state index contributed by atoms with van der Waals surface area (Å²) >= 11 is 3.59. The van der Waals surface area contributed by atoms with E-state index >= 15 is 0 Å². The molecule has 1 aromatic rings. The van der Waals surface area contributed by atoms with Crippen molar-refractivity contribution in [1.82, 2.24) is 5.32 Å². The Morgan fingerprint density at radius 1 is 1.39 bits per heavy atom. The zero-order chi connectivity index (χ0) is 12.6. The van der Waals surface area contributed by atoms with Crippen LogP contribution < -0.4 is 10.1 Å². The van der Waals surface area contributed by atoms with Gasteiger partial charge in [0.25, 0.3) is 0 Å². The van der Waals surface area contributed by atoms with Gasteiger partial charge in [0.05, 0.1) is 6.61 Å². The molecule has 1 heterocycles. The van der Waals surface area contributed by atoms with Gasteiger partial charge in [-0.15, -0.1) is 0 Å². The van der Waals surface area contributed by atoms with Gasteiger partial charge in [0.15, 0.2) is 0 Å². The molecule has 1 aliphatic carbocycles. The average Bonchev–Trinajstić information content (AvgIpc) is 2.74. The maximum Gasteiger partial charge on any atom is 0.127 e. The van der Waals surface area contributed by atoms with Crippen molar-refractivity contribution >= 4 is 15.9 Å². The standard InChI is InChI=1S/C15H20BrNO/c1-15(4-2-5-15)10-17-9-12-8-13(16)7-11-3-6-18-14(11)12/h7-8,17H,2-6,9-10H2,1H3. The normalized spacial score (nSPS) is 20.1. The lowest BCUT2D eigenvalue weighted by molar-refractivity contribution is 0.156. The highest BCUT2D eigenvalue weighted by molar-refractivity contribution is 9.10. The molecule has 1 N–H and O–H groups in total. The van der Waals surface area contributed by atoms with E-state index in [-0.39, 0.29) is 0 Å². The largest absolute Gasteiger partial charge is 0.493 e. The highest BCUT2D eigenvalue weighted by Gasteiger charge is 2.31. The molecule has 18 heavy (non-hydrogen) atoms. The molecule has 98 valence electrons. The van der Waals surface area contributed by atoms with Crippen LogP contribution >= 0.6 is 15.9 Å². The third-order valence-corrected chi connectivity index (χ3v) is 4.71. The summed E-state index contributed by atoms with van der Waals surface area (Å²) in [7, 11) is 0. The van der Waals surface area contributed by atoms with E-state index in [1.807, 2.05) is 0 Å². The molecule has 2 nitrogen and oxygen atoms in total. The Balaban J connectivity index is 1.65. The molecular weight excluding hydrogens is 290 g/mol. The predicted octanol–water partition coefficient (Wildman–Crippen LogP) is 3.66. The monoisotopic (exact) mass is 309 g/mol. The number of nitrogens with one attached hydrogen (secondary N) is 1. The van der Waals surface area contributed by atoms with Gasteiger partial charge >= 0.3 is 0 Å². The lowest BCUT2D eigenvalue weighted by Gasteiger charge is -2.38. The minimum Gasteiger partial charge on any atom is -0.493 e. The molecule has 1 aliphatic heterocycles. The van der Waals surface area contributed by atoms with Crippen LogP contribution in [-0.2, 0) is 13.0 Å². The average molecular weight is 310 g/mol. The lowest BCUT2D eigenvalue weighted by atomic mass is 9.70. The van der Waals surface area contributed by atoms with Gasteiger partial charge in [-0.05, 0) is 36.0 Å². The third-order valence-electron chi connectivity index (χ3n) is 4.25. The molecule has 0 spiro atoms. The SMILES string of the molecule is CC1(CNCc2cc(Br)cc3c2OCC3)CCC1. The molecule has 3 heteroatoms. The van der Waals surface area contributed by atoms with Gasteiger partial charge in [0.2, 0.25) is 0 Å². The minimum atomic E-state index is 0.538.